The Balaban J connectivity index is 1.50. The minimum atomic E-state index is 0.589. The van der Waals surface area contributed by atoms with Crippen molar-refractivity contribution < 1.29 is 0 Å². The lowest BCUT2D eigenvalue weighted by Crippen LogP contribution is -2.41. The summed E-state index contributed by atoms with van der Waals surface area (Å²) in [6.07, 6.45) is 4.40. The molecule has 0 amide bonds. The quantitative estimate of drug-likeness (QED) is 0.500. The number of fused-ring (bicyclic) bond motifs is 1. The van der Waals surface area contributed by atoms with E-state index in [9.17, 15) is 0 Å². The number of nitrogens with two attached hydrogens (primary N) is 1. The first-order chi connectivity index (χ1) is 15.6. The number of pyridine rings is 1. The van der Waals surface area contributed by atoms with Crippen molar-refractivity contribution in [3.63, 3.8) is 0 Å². The summed E-state index contributed by atoms with van der Waals surface area (Å²) in [6.45, 7) is 3.15. The minimum Gasteiger partial charge on any atom is -0.398 e. The van der Waals surface area contributed by atoms with E-state index in [4.69, 9.17) is 10.7 Å². The number of nitrogens with zero attached hydrogens (tertiary/aromatic N) is 4. The molecule has 2 aromatic carbocycles. The number of hydrogen-bond donors (Lipinski definition) is 1. The van der Waals surface area contributed by atoms with Gasteiger partial charge in [0.05, 0.1) is 11.4 Å². The summed E-state index contributed by atoms with van der Waals surface area (Å²) < 4.78 is 2.17. The van der Waals surface area contributed by atoms with Gasteiger partial charge in [0.1, 0.15) is 5.65 Å². The molecule has 1 aliphatic rings. The highest BCUT2D eigenvalue weighted by atomic mass is 15.2. The molecule has 0 spiro atoms. The zero-order valence-electron chi connectivity index (χ0n) is 18.9. The van der Waals surface area contributed by atoms with E-state index in [2.05, 4.69) is 76.8 Å². The fourth-order valence-corrected chi connectivity index (χ4v) is 4.74. The third-order valence-corrected chi connectivity index (χ3v) is 6.72. The molecule has 164 valence electrons. The molecule has 5 nitrogen and oxygen atoms in total. The van der Waals surface area contributed by atoms with E-state index in [1.54, 1.807) is 0 Å². The number of anilines is 1. The van der Waals surface area contributed by atoms with Crippen molar-refractivity contribution in [3.05, 3.63) is 78.6 Å². The highest BCUT2D eigenvalue weighted by molar-refractivity contribution is 5.72. The zero-order chi connectivity index (χ0) is 22.1. The van der Waals surface area contributed by atoms with Gasteiger partial charge in [-0.3, -0.25) is 4.90 Å². The largest absolute Gasteiger partial charge is 0.398 e. The molecule has 2 N–H and O–H groups in total. The molecule has 5 rings (SSSR count). The van der Waals surface area contributed by atoms with Crippen molar-refractivity contribution in [3.8, 4) is 22.4 Å². The fraction of sp³-hybridized carbons (Fsp3) is 0.296. The van der Waals surface area contributed by atoms with Crippen LogP contribution in [0.4, 0.5) is 5.69 Å². The summed E-state index contributed by atoms with van der Waals surface area (Å²) in [6, 6.07) is 23.8. The summed E-state index contributed by atoms with van der Waals surface area (Å²) >= 11 is 0. The number of hydrogen-bond acceptors (Lipinski definition) is 4. The minimum absolute atomic E-state index is 0.589. The van der Waals surface area contributed by atoms with E-state index in [-0.39, 0.29) is 0 Å². The molecule has 1 saturated heterocycles. The van der Waals surface area contributed by atoms with Crippen LogP contribution in [0.2, 0.25) is 0 Å². The Labute approximate surface area is 190 Å². The van der Waals surface area contributed by atoms with Gasteiger partial charge in [-0.2, -0.15) is 0 Å². The predicted octanol–water partition coefficient (Wildman–Crippen LogP) is 4.78. The van der Waals surface area contributed by atoms with Crippen LogP contribution in [0.3, 0.4) is 0 Å². The van der Waals surface area contributed by atoms with Crippen molar-refractivity contribution in [2.75, 3.05) is 32.9 Å². The molecule has 0 unspecified atom stereocenters. The van der Waals surface area contributed by atoms with Gasteiger partial charge in [0.15, 0.2) is 0 Å². The average Bonchev–Trinajstić information content (AvgIpc) is 3.17. The molecule has 0 aliphatic carbocycles. The second-order valence-electron chi connectivity index (χ2n) is 8.99. The van der Waals surface area contributed by atoms with Gasteiger partial charge in [-0.05, 0) is 63.3 Å². The Morgan fingerprint density at radius 3 is 2.28 bits per heavy atom. The van der Waals surface area contributed by atoms with Crippen LogP contribution in [0, 0.1) is 0 Å². The van der Waals surface area contributed by atoms with Crippen LogP contribution in [-0.2, 0) is 6.54 Å². The van der Waals surface area contributed by atoms with E-state index in [1.165, 1.54) is 29.7 Å². The maximum Gasteiger partial charge on any atom is 0.137 e. The van der Waals surface area contributed by atoms with Crippen LogP contribution < -0.4 is 5.73 Å². The van der Waals surface area contributed by atoms with Crippen LogP contribution >= 0.6 is 0 Å². The van der Waals surface area contributed by atoms with Gasteiger partial charge in [-0.15, -0.1) is 0 Å². The molecule has 1 fully saturated rings. The van der Waals surface area contributed by atoms with Crippen LogP contribution in [0.15, 0.2) is 72.9 Å². The summed E-state index contributed by atoms with van der Waals surface area (Å²) in [5.41, 5.74) is 13.6. The Bertz CT molecular complexity index is 1190. The molecule has 1 aliphatic heterocycles. The third-order valence-electron chi connectivity index (χ3n) is 6.72. The smallest absolute Gasteiger partial charge is 0.137 e. The third kappa shape index (κ3) is 4.14. The number of likely N-dealkylation sites (tertiary alicyclic amines) is 1. The Kier molecular flexibility index (Phi) is 5.68. The van der Waals surface area contributed by atoms with Gasteiger partial charge < -0.3 is 15.0 Å². The van der Waals surface area contributed by atoms with E-state index in [1.807, 2.05) is 24.4 Å². The number of imidazole rings is 1. The SMILES string of the molecule is CN1CCC(N(C)Cc2c(-c3ccc(-c4ccccc4)cc3)nc3ccc(N)cn23)CC1. The summed E-state index contributed by atoms with van der Waals surface area (Å²) in [5.74, 6) is 0. The van der Waals surface area contributed by atoms with Crippen molar-refractivity contribution in [2.45, 2.75) is 25.4 Å². The second kappa shape index (κ2) is 8.77. The lowest BCUT2D eigenvalue weighted by molar-refractivity contribution is 0.138. The topological polar surface area (TPSA) is 49.8 Å². The lowest BCUT2D eigenvalue weighted by atomic mass is 10.0. The lowest BCUT2D eigenvalue weighted by Gasteiger charge is -2.35. The maximum absolute atomic E-state index is 6.15. The highest BCUT2D eigenvalue weighted by Crippen LogP contribution is 2.30. The monoisotopic (exact) mass is 425 g/mol. The van der Waals surface area contributed by atoms with Gasteiger partial charge in [0.25, 0.3) is 0 Å². The second-order valence-corrected chi connectivity index (χ2v) is 8.99. The van der Waals surface area contributed by atoms with Gasteiger partial charge in [0, 0.05) is 30.0 Å². The first kappa shape index (κ1) is 20.7. The highest BCUT2D eigenvalue weighted by Gasteiger charge is 2.23. The van der Waals surface area contributed by atoms with Crippen molar-refractivity contribution in [2.24, 2.45) is 0 Å². The van der Waals surface area contributed by atoms with Crippen LogP contribution in [0.5, 0.6) is 0 Å². The van der Waals surface area contributed by atoms with Crippen LogP contribution in [-0.4, -0.2) is 52.4 Å². The van der Waals surface area contributed by atoms with E-state index in [0.717, 1.165) is 42.2 Å². The Hall–Kier alpha value is -3.15. The normalized spacial score (nSPS) is 15.6. The van der Waals surface area contributed by atoms with Crippen molar-refractivity contribution in [1.29, 1.82) is 0 Å². The Morgan fingerprint density at radius 2 is 1.56 bits per heavy atom. The summed E-state index contributed by atoms with van der Waals surface area (Å²) in [4.78, 5) is 9.91. The standard InChI is InChI=1S/C27H31N5/c1-30-16-14-24(15-17-30)31(2)19-25-27(29-26-13-12-23(28)18-32(25)26)22-10-8-21(9-11-22)20-6-4-3-5-7-20/h3-13,18,24H,14-17,19,28H2,1-2H3. The van der Waals surface area contributed by atoms with Gasteiger partial charge >= 0.3 is 0 Å². The molecule has 5 heteroatoms. The number of rotatable bonds is 5. The maximum atomic E-state index is 6.15. The van der Waals surface area contributed by atoms with Gasteiger partial charge in [-0.25, -0.2) is 4.98 Å². The molecule has 0 saturated carbocycles. The number of aromatic nitrogens is 2. The number of nitrogen functional groups attached to an aromatic ring is 1. The molecule has 2 aromatic heterocycles. The first-order valence-electron chi connectivity index (χ1n) is 11.4. The molecule has 0 radical (unpaired) electrons. The molecule has 0 bridgehead atoms. The van der Waals surface area contributed by atoms with Crippen LogP contribution in [0.1, 0.15) is 18.5 Å². The molecular weight excluding hydrogens is 394 g/mol. The zero-order valence-corrected chi connectivity index (χ0v) is 18.9. The number of piperidine rings is 1. The Morgan fingerprint density at radius 1 is 0.906 bits per heavy atom. The molecule has 3 heterocycles. The van der Waals surface area contributed by atoms with Gasteiger partial charge in [-0.1, -0.05) is 54.6 Å². The average molecular weight is 426 g/mol. The van der Waals surface area contributed by atoms with Crippen molar-refractivity contribution >= 4 is 11.3 Å². The molecule has 0 atom stereocenters. The molecule has 4 aromatic rings. The summed E-state index contributed by atoms with van der Waals surface area (Å²) in [7, 11) is 4.45. The van der Waals surface area contributed by atoms with E-state index in [0.29, 0.717) is 6.04 Å². The van der Waals surface area contributed by atoms with Crippen LogP contribution in [0.25, 0.3) is 28.0 Å². The summed E-state index contributed by atoms with van der Waals surface area (Å²) in [5, 5.41) is 0. The molecule has 32 heavy (non-hydrogen) atoms. The molecular formula is C27H31N5. The van der Waals surface area contributed by atoms with Crippen molar-refractivity contribution in [1.82, 2.24) is 19.2 Å². The first-order valence-corrected chi connectivity index (χ1v) is 11.4. The predicted molar refractivity (Wildman–Crippen MR) is 132 cm³/mol. The van der Waals surface area contributed by atoms with E-state index < -0.39 is 0 Å². The van der Waals surface area contributed by atoms with Gasteiger partial charge in [0.2, 0.25) is 0 Å². The number of benzene rings is 2. The fourth-order valence-electron chi connectivity index (χ4n) is 4.74. The van der Waals surface area contributed by atoms with E-state index >= 15 is 0 Å².